The van der Waals surface area contributed by atoms with Gasteiger partial charge in [0.2, 0.25) is 0 Å². The topological polar surface area (TPSA) is 12.0 Å². The Morgan fingerprint density at radius 3 is 1.86 bits per heavy atom. The average Bonchev–Trinajstić information content (AvgIpc) is 2.46. The molecular weight excluding hydrogens is 254 g/mol. The van der Waals surface area contributed by atoms with Crippen molar-refractivity contribution in [3.8, 4) is 0 Å². The molecule has 0 bridgehead atoms. The van der Waals surface area contributed by atoms with Crippen LogP contribution < -0.4 is 5.32 Å². The van der Waals surface area contributed by atoms with Crippen molar-refractivity contribution < 1.29 is 0 Å². The van der Waals surface area contributed by atoms with Crippen molar-refractivity contribution in [2.45, 2.75) is 105 Å². The molecular formula is C20H43N. The van der Waals surface area contributed by atoms with Gasteiger partial charge in [-0.05, 0) is 37.6 Å². The fourth-order valence-corrected chi connectivity index (χ4v) is 3.29. The third kappa shape index (κ3) is 12.2. The fraction of sp³-hybridized carbons (Fsp3) is 1.00. The molecule has 1 N–H and O–H groups in total. The maximum atomic E-state index is 3.53. The lowest BCUT2D eigenvalue weighted by molar-refractivity contribution is 0.328. The summed E-state index contributed by atoms with van der Waals surface area (Å²) in [5, 5.41) is 3.53. The van der Waals surface area contributed by atoms with Crippen molar-refractivity contribution in [3.63, 3.8) is 0 Å². The van der Waals surface area contributed by atoms with Gasteiger partial charge in [0.15, 0.2) is 0 Å². The summed E-state index contributed by atoms with van der Waals surface area (Å²) in [6.45, 7) is 11.9. The van der Waals surface area contributed by atoms with Gasteiger partial charge in [-0.15, -0.1) is 0 Å². The predicted octanol–water partition coefficient (Wildman–Crippen LogP) is 6.42. The Morgan fingerprint density at radius 1 is 0.714 bits per heavy atom. The van der Waals surface area contributed by atoms with Crippen molar-refractivity contribution >= 4 is 0 Å². The molecule has 0 amide bonds. The fourth-order valence-electron chi connectivity index (χ4n) is 3.29. The summed E-state index contributed by atoms with van der Waals surface area (Å²) in [5.74, 6) is 2.66. The summed E-state index contributed by atoms with van der Waals surface area (Å²) in [6, 6.07) is 0.719. The second-order valence-electron chi connectivity index (χ2n) is 7.61. The largest absolute Gasteiger partial charge is 0.317 e. The van der Waals surface area contributed by atoms with Gasteiger partial charge in [0, 0.05) is 6.04 Å². The molecule has 128 valence electrons. The first-order valence-corrected chi connectivity index (χ1v) is 9.70. The highest BCUT2D eigenvalue weighted by Crippen LogP contribution is 2.22. The first kappa shape index (κ1) is 21.0. The number of hydrogen-bond donors (Lipinski definition) is 1. The van der Waals surface area contributed by atoms with Crippen LogP contribution in [-0.2, 0) is 0 Å². The van der Waals surface area contributed by atoms with Crippen molar-refractivity contribution in [3.05, 3.63) is 0 Å². The highest BCUT2D eigenvalue weighted by atomic mass is 14.9. The molecule has 1 nitrogen and oxygen atoms in total. The van der Waals surface area contributed by atoms with E-state index in [1.807, 2.05) is 0 Å². The van der Waals surface area contributed by atoms with E-state index in [4.69, 9.17) is 0 Å². The van der Waals surface area contributed by atoms with Crippen LogP contribution in [0.15, 0.2) is 0 Å². The standard InChI is InChI=1S/C20H43N/c1-7-9-10-12-18(4)13-11-14-19(5)16-20(21-6)15-17(3)8-2/h17-21H,7-16H2,1-6H3. The third-order valence-electron chi connectivity index (χ3n) is 5.17. The summed E-state index contributed by atoms with van der Waals surface area (Å²) in [7, 11) is 2.13. The van der Waals surface area contributed by atoms with Gasteiger partial charge in [-0.25, -0.2) is 0 Å². The maximum Gasteiger partial charge on any atom is 0.00691 e. The highest BCUT2D eigenvalue weighted by Gasteiger charge is 2.14. The second-order valence-corrected chi connectivity index (χ2v) is 7.61. The van der Waals surface area contributed by atoms with Gasteiger partial charge in [-0.3, -0.25) is 0 Å². The summed E-state index contributed by atoms with van der Waals surface area (Å²) in [4.78, 5) is 0. The first-order valence-electron chi connectivity index (χ1n) is 9.70. The van der Waals surface area contributed by atoms with E-state index in [2.05, 4.69) is 47.0 Å². The Bertz CT molecular complexity index is 214. The normalized spacial score (nSPS) is 17.4. The molecule has 0 aromatic carbocycles. The molecule has 0 spiro atoms. The molecule has 0 fully saturated rings. The van der Waals surface area contributed by atoms with Crippen LogP contribution in [0.3, 0.4) is 0 Å². The lowest BCUT2D eigenvalue weighted by Gasteiger charge is -2.23. The monoisotopic (exact) mass is 297 g/mol. The summed E-state index contributed by atoms with van der Waals surface area (Å²) < 4.78 is 0. The molecule has 0 saturated heterocycles. The smallest absolute Gasteiger partial charge is 0.00691 e. The molecule has 4 atom stereocenters. The minimum absolute atomic E-state index is 0.719. The van der Waals surface area contributed by atoms with Crippen LogP contribution >= 0.6 is 0 Å². The van der Waals surface area contributed by atoms with E-state index in [0.29, 0.717) is 0 Å². The Labute approximate surface area is 135 Å². The second kappa shape index (κ2) is 13.6. The van der Waals surface area contributed by atoms with E-state index in [9.17, 15) is 0 Å². The van der Waals surface area contributed by atoms with E-state index < -0.39 is 0 Å². The molecule has 21 heavy (non-hydrogen) atoms. The zero-order chi connectivity index (χ0) is 16.1. The molecule has 0 aliphatic heterocycles. The van der Waals surface area contributed by atoms with Crippen LogP contribution in [-0.4, -0.2) is 13.1 Å². The van der Waals surface area contributed by atoms with Crippen LogP contribution in [0.25, 0.3) is 0 Å². The molecule has 0 saturated carbocycles. The Balaban J connectivity index is 3.74. The van der Waals surface area contributed by atoms with E-state index in [1.54, 1.807) is 0 Å². The van der Waals surface area contributed by atoms with Crippen LogP contribution in [0.1, 0.15) is 98.8 Å². The van der Waals surface area contributed by atoms with Crippen molar-refractivity contribution in [2.75, 3.05) is 7.05 Å². The lowest BCUT2D eigenvalue weighted by atomic mass is 9.89. The van der Waals surface area contributed by atoms with Crippen molar-refractivity contribution in [1.29, 1.82) is 0 Å². The minimum atomic E-state index is 0.719. The lowest BCUT2D eigenvalue weighted by Crippen LogP contribution is -2.29. The van der Waals surface area contributed by atoms with Gasteiger partial charge >= 0.3 is 0 Å². The molecule has 0 aliphatic rings. The number of unbranched alkanes of at least 4 members (excludes halogenated alkanes) is 2. The van der Waals surface area contributed by atoms with Gasteiger partial charge in [-0.2, -0.15) is 0 Å². The molecule has 1 heteroatoms. The number of rotatable bonds is 14. The van der Waals surface area contributed by atoms with Crippen LogP contribution in [0.4, 0.5) is 0 Å². The summed E-state index contributed by atoms with van der Waals surface area (Å²) >= 11 is 0. The van der Waals surface area contributed by atoms with E-state index in [1.165, 1.54) is 64.2 Å². The highest BCUT2D eigenvalue weighted by molar-refractivity contribution is 4.71. The zero-order valence-electron chi connectivity index (χ0n) is 15.9. The first-order chi connectivity index (χ1) is 10.0. The van der Waals surface area contributed by atoms with E-state index in [-0.39, 0.29) is 0 Å². The van der Waals surface area contributed by atoms with Crippen molar-refractivity contribution in [2.24, 2.45) is 17.8 Å². The maximum absolute atomic E-state index is 3.53. The molecule has 0 radical (unpaired) electrons. The molecule has 0 rings (SSSR count). The predicted molar refractivity (Wildman–Crippen MR) is 97.9 cm³/mol. The Morgan fingerprint density at radius 2 is 1.29 bits per heavy atom. The third-order valence-corrected chi connectivity index (χ3v) is 5.17. The Kier molecular flexibility index (Phi) is 13.6. The minimum Gasteiger partial charge on any atom is -0.317 e. The number of hydrogen-bond acceptors (Lipinski definition) is 1. The quantitative estimate of drug-likeness (QED) is 0.365. The molecule has 0 aromatic heterocycles. The van der Waals surface area contributed by atoms with Gasteiger partial charge < -0.3 is 5.32 Å². The van der Waals surface area contributed by atoms with Crippen LogP contribution in [0, 0.1) is 17.8 Å². The van der Waals surface area contributed by atoms with E-state index >= 15 is 0 Å². The summed E-state index contributed by atoms with van der Waals surface area (Å²) in [6.07, 6.45) is 13.9. The SMILES string of the molecule is CCCCCC(C)CCCC(C)CC(CC(C)CC)NC. The molecule has 0 heterocycles. The van der Waals surface area contributed by atoms with Gasteiger partial charge in [0.25, 0.3) is 0 Å². The summed E-state index contributed by atoms with van der Waals surface area (Å²) in [5.41, 5.74) is 0. The molecule has 4 unspecified atom stereocenters. The van der Waals surface area contributed by atoms with Gasteiger partial charge in [-0.1, -0.05) is 86.0 Å². The van der Waals surface area contributed by atoms with Gasteiger partial charge in [0.1, 0.15) is 0 Å². The van der Waals surface area contributed by atoms with Gasteiger partial charge in [0.05, 0.1) is 0 Å². The zero-order valence-corrected chi connectivity index (χ0v) is 15.9. The number of nitrogens with one attached hydrogen (secondary N) is 1. The molecule has 0 aliphatic carbocycles. The Hall–Kier alpha value is -0.0400. The van der Waals surface area contributed by atoms with E-state index in [0.717, 1.165) is 23.8 Å². The average molecular weight is 298 g/mol. The van der Waals surface area contributed by atoms with Crippen molar-refractivity contribution in [1.82, 2.24) is 5.32 Å². The van der Waals surface area contributed by atoms with Crippen LogP contribution in [0.2, 0.25) is 0 Å². The van der Waals surface area contributed by atoms with Crippen LogP contribution in [0.5, 0.6) is 0 Å². The molecule has 0 aromatic rings.